The van der Waals surface area contributed by atoms with Crippen molar-refractivity contribution in [3.63, 3.8) is 0 Å². The second kappa shape index (κ2) is 59.8. The van der Waals surface area contributed by atoms with Crippen LogP contribution >= 0.6 is 13.5 Å². The van der Waals surface area contributed by atoms with E-state index in [1.54, 1.807) is 0 Å². The average molecular weight is 394 g/mol. The smallest absolute Gasteiger partial charge is 1.00 e. The van der Waals surface area contributed by atoms with Crippen molar-refractivity contribution in [2.45, 2.75) is 0 Å². The van der Waals surface area contributed by atoms with E-state index in [0.29, 0.717) is 0 Å². The minimum Gasteiger partial charge on any atom is -1.00 e. The van der Waals surface area contributed by atoms with E-state index >= 15 is 0 Å². The molecular formula is H6BCaCuFeMgMoSZn. The quantitative estimate of drug-likeness (QED) is 0.483. The van der Waals surface area contributed by atoms with Crippen LogP contribution in [0.1, 0.15) is 5.71 Å². The van der Waals surface area contributed by atoms with E-state index in [1.165, 1.54) is 0 Å². The molecule has 0 aliphatic carbocycles. The summed E-state index contributed by atoms with van der Waals surface area (Å²) in [6, 6.07) is 0. The Hall–Kier alpha value is 4.79. The molecule has 8 heteroatoms. The minimum atomic E-state index is 0. The molecule has 0 saturated heterocycles. The Balaban J connectivity index is 0. The number of hydrogen-bond acceptors (Lipinski definition) is 0. The molecule has 0 saturated carbocycles. The maximum atomic E-state index is 0. The third kappa shape index (κ3) is 45.1. The van der Waals surface area contributed by atoms with Crippen LogP contribution in [0.5, 0.6) is 0 Å². The van der Waals surface area contributed by atoms with Gasteiger partial charge in [0.25, 0.3) is 0 Å². The molecule has 0 unspecified atom stereocenters. The van der Waals surface area contributed by atoms with Crippen LogP contribution in [0, 0.1) is 0 Å². The van der Waals surface area contributed by atoms with Crippen LogP contribution in [-0.4, -0.2) is 69.2 Å². The molecule has 0 spiro atoms. The van der Waals surface area contributed by atoms with Crippen LogP contribution in [0.3, 0.4) is 0 Å². The summed E-state index contributed by atoms with van der Waals surface area (Å²) < 4.78 is 0. The topological polar surface area (TPSA) is 0 Å². The first kappa shape index (κ1) is 77.5. The maximum absolute atomic E-state index is 0. The Morgan fingerprint density at radius 2 is 1.12 bits per heavy atom. The van der Waals surface area contributed by atoms with E-state index in [-0.39, 0.29) is 163 Å². The number of hydrogen-bond donors (Lipinski definition) is 0. The van der Waals surface area contributed by atoms with E-state index in [0.717, 1.165) is 0 Å². The first-order valence-corrected chi connectivity index (χ1v) is 0. The summed E-state index contributed by atoms with van der Waals surface area (Å²) in [5, 5.41) is 0. The van der Waals surface area contributed by atoms with Gasteiger partial charge < -0.3 is 5.71 Å². The van der Waals surface area contributed by atoms with Crippen LogP contribution in [0.2, 0.25) is 0 Å². The van der Waals surface area contributed by atoms with Crippen molar-refractivity contribution >= 4 is 82.7 Å². The Bertz CT molecular complexity index is 35.0. The van der Waals surface area contributed by atoms with E-state index in [1.807, 2.05) is 0 Å². The largest absolute Gasteiger partial charge is 2.00 e. The monoisotopic (exact) mass is 394 g/mol. The van der Waals surface area contributed by atoms with Gasteiger partial charge in [0.1, 0.15) is 0 Å². The molecule has 0 rings (SSSR count). The molecule has 0 bridgehead atoms. The van der Waals surface area contributed by atoms with Gasteiger partial charge in [0.15, 0.2) is 0 Å². The molecule has 0 nitrogen and oxygen atoms in total. The summed E-state index contributed by atoms with van der Waals surface area (Å²) in [6.07, 6.45) is 0. The second-order valence-corrected chi connectivity index (χ2v) is 0. The summed E-state index contributed by atoms with van der Waals surface area (Å²) in [6.45, 7) is 0. The summed E-state index contributed by atoms with van der Waals surface area (Å²) in [4.78, 5) is 0. The summed E-state index contributed by atoms with van der Waals surface area (Å²) >= 11 is 0. The molecule has 46 valence electrons. The van der Waals surface area contributed by atoms with Crippen molar-refractivity contribution in [1.82, 2.24) is 0 Å². The normalized spacial score (nSPS) is 0. The van der Waals surface area contributed by atoms with E-state index < -0.39 is 0 Å². The van der Waals surface area contributed by atoms with Crippen molar-refractivity contribution in [2.75, 3.05) is 0 Å². The molecule has 0 aliphatic rings. The van der Waals surface area contributed by atoms with Crippen LogP contribution in [0.25, 0.3) is 0 Å². The summed E-state index contributed by atoms with van der Waals surface area (Å²) in [7, 11) is 0. The average Bonchev–Trinajstić information content (AvgIpc) is 0. The fourth-order valence-corrected chi connectivity index (χ4v) is 0. The maximum Gasteiger partial charge on any atom is 2.00 e. The predicted octanol–water partition coefficient (Wildman–Crippen LogP) is -0.590. The molecule has 0 aromatic heterocycles. The molecule has 8 heavy (non-hydrogen) atoms. The van der Waals surface area contributed by atoms with Gasteiger partial charge in [0, 0.05) is 83.1 Å². The first-order chi connectivity index (χ1) is 0. The van der Waals surface area contributed by atoms with E-state index in [9.17, 15) is 0 Å². The molecule has 0 aromatic carbocycles. The molecule has 0 heterocycles. The molecule has 0 atom stereocenters. The summed E-state index contributed by atoms with van der Waals surface area (Å²) in [5.41, 5.74) is 0. The molecule has 0 aromatic rings. The van der Waals surface area contributed by atoms with Gasteiger partial charge in [0.2, 0.25) is 0 Å². The van der Waals surface area contributed by atoms with Gasteiger partial charge in [-0.05, 0) is 0 Å². The third-order valence-corrected chi connectivity index (χ3v) is 0. The Morgan fingerprint density at radius 1 is 1.12 bits per heavy atom. The van der Waals surface area contributed by atoms with E-state index in [2.05, 4.69) is 0 Å². The van der Waals surface area contributed by atoms with E-state index in [4.69, 9.17) is 0 Å². The van der Waals surface area contributed by atoms with Crippen molar-refractivity contribution < 1.29 is 80.4 Å². The molecular weight excluding hydrogens is 388 g/mol. The van der Waals surface area contributed by atoms with Crippen molar-refractivity contribution in [3.8, 4) is 0 Å². The van der Waals surface area contributed by atoms with Gasteiger partial charge in [0.05, 0.1) is 0 Å². The van der Waals surface area contributed by atoms with Crippen molar-refractivity contribution in [3.05, 3.63) is 0 Å². The number of rotatable bonds is 0. The minimum absolute atomic E-state index is 0. The molecule has 0 aliphatic heterocycles. The Morgan fingerprint density at radius 3 is 1.12 bits per heavy atom. The zero-order chi connectivity index (χ0) is 0. The molecule has 4 radical (unpaired) electrons. The van der Waals surface area contributed by atoms with Crippen LogP contribution in [-0.2, 0) is 74.7 Å². The van der Waals surface area contributed by atoms with Crippen LogP contribution in [0.4, 0.5) is 0 Å². The van der Waals surface area contributed by atoms with Gasteiger partial charge >= 0.3 is 60.8 Å². The van der Waals surface area contributed by atoms with Gasteiger partial charge in [-0.1, -0.05) is 0 Å². The Labute approximate surface area is 160 Å². The molecule has 0 amide bonds. The molecule has 0 fully saturated rings. The van der Waals surface area contributed by atoms with Gasteiger partial charge in [-0.15, -0.1) is 0 Å². The fourth-order valence-electron chi connectivity index (χ4n) is 0. The third-order valence-electron chi connectivity index (χ3n) is 0. The standard InChI is InChI=1S/B.Ca.Cu.Fe.Mg.Mo.H2S.Zn.4H/h;;;;;;1H2;;;;;/q;+2;;;+2;;;;4*-1. The van der Waals surface area contributed by atoms with Gasteiger partial charge in [-0.25, -0.2) is 0 Å². The summed E-state index contributed by atoms with van der Waals surface area (Å²) in [5.74, 6) is 0. The molecule has 0 N–H and O–H groups in total. The van der Waals surface area contributed by atoms with Crippen molar-refractivity contribution in [2.24, 2.45) is 0 Å². The fraction of sp³-hybridized carbons (Fsp3) is 0. The van der Waals surface area contributed by atoms with Crippen LogP contribution in [0.15, 0.2) is 0 Å². The predicted molar refractivity (Wildman–Crippen MR) is 32.1 cm³/mol. The zero-order valence-corrected chi connectivity index (χ0v) is 15.9. The second-order valence-electron chi connectivity index (χ2n) is 0. The van der Waals surface area contributed by atoms with Gasteiger partial charge in [-0.2, -0.15) is 13.5 Å². The Kier molecular flexibility index (Phi) is 579. The van der Waals surface area contributed by atoms with Crippen molar-refractivity contribution in [1.29, 1.82) is 0 Å². The zero-order valence-electron chi connectivity index (χ0n) is 8.26. The van der Waals surface area contributed by atoms with Gasteiger partial charge in [-0.3, -0.25) is 0 Å². The SMILES string of the molecule is S.[B].[Ca+2].[Cu].[Fe].[H-].[H-].[H-].[H-].[Mg+2].[Mo].[Zn]. The first-order valence-electron chi connectivity index (χ1n) is 0. The van der Waals surface area contributed by atoms with Crippen LogP contribution < -0.4 is 0 Å².